The van der Waals surface area contributed by atoms with E-state index in [1.54, 1.807) is 14.0 Å². The van der Waals surface area contributed by atoms with Gasteiger partial charge in [-0.15, -0.1) is 0 Å². The maximum Gasteiger partial charge on any atom is 0.256 e. The summed E-state index contributed by atoms with van der Waals surface area (Å²) in [5.74, 6) is 1.36. The van der Waals surface area contributed by atoms with Crippen molar-refractivity contribution in [1.82, 2.24) is 15.0 Å². The highest BCUT2D eigenvalue weighted by Crippen LogP contribution is 2.28. The number of benzene rings is 1. The SMILES string of the molecule is CO[C@@H](C(=O)N1CCC[C@H](c2noc(C)n2)C1)c1ccccc1. The van der Waals surface area contributed by atoms with Gasteiger partial charge in [0, 0.05) is 33.0 Å². The van der Waals surface area contributed by atoms with E-state index in [-0.39, 0.29) is 11.8 Å². The summed E-state index contributed by atoms with van der Waals surface area (Å²) in [5, 5.41) is 4.00. The molecule has 0 unspecified atom stereocenters. The van der Waals surface area contributed by atoms with E-state index in [4.69, 9.17) is 9.26 Å². The first kappa shape index (κ1) is 15.7. The number of aryl methyl sites for hydroxylation is 1. The summed E-state index contributed by atoms with van der Waals surface area (Å²) in [6, 6.07) is 9.58. The van der Waals surface area contributed by atoms with E-state index in [1.807, 2.05) is 35.2 Å². The third-order valence-electron chi connectivity index (χ3n) is 4.20. The van der Waals surface area contributed by atoms with E-state index in [0.717, 1.165) is 24.9 Å². The van der Waals surface area contributed by atoms with Gasteiger partial charge in [-0.25, -0.2) is 0 Å². The minimum atomic E-state index is -0.568. The van der Waals surface area contributed by atoms with Crippen LogP contribution in [0, 0.1) is 6.92 Å². The molecule has 0 spiro atoms. The Kier molecular flexibility index (Phi) is 4.71. The Bertz CT molecular complexity index is 656. The Hall–Kier alpha value is -2.21. The van der Waals surface area contributed by atoms with Crippen LogP contribution in [-0.4, -0.2) is 41.1 Å². The molecule has 0 aliphatic carbocycles. The van der Waals surface area contributed by atoms with Crippen LogP contribution in [0.25, 0.3) is 0 Å². The number of ether oxygens (including phenoxy) is 1. The topological polar surface area (TPSA) is 68.5 Å². The highest BCUT2D eigenvalue weighted by Gasteiger charge is 2.32. The van der Waals surface area contributed by atoms with Crippen molar-refractivity contribution < 1.29 is 14.1 Å². The number of rotatable bonds is 4. The normalized spacial score (nSPS) is 19.6. The van der Waals surface area contributed by atoms with Crippen molar-refractivity contribution in [2.75, 3.05) is 20.2 Å². The molecule has 2 heterocycles. The summed E-state index contributed by atoms with van der Waals surface area (Å²) in [7, 11) is 1.57. The minimum absolute atomic E-state index is 0.0105. The van der Waals surface area contributed by atoms with E-state index in [1.165, 1.54) is 0 Å². The van der Waals surface area contributed by atoms with Crippen molar-refractivity contribution in [1.29, 1.82) is 0 Å². The predicted octanol–water partition coefficient (Wildman–Crippen LogP) is 2.47. The van der Waals surface area contributed by atoms with Crippen LogP contribution in [0.4, 0.5) is 0 Å². The van der Waals surface area contributed by atoms with Gasteiger partial charge in [0.15, 0.2) is 11.9 Å². The molecule has 0 bridgehead atoms. The molecule has 0 saturated carbocycles. The van der Waals surface area contributed by atoms with Crippen LogP contribution in [0.1, 0.15) is 42.1 Å². The van der Waals surface area contributed by atoms with Crippen LogP contribution in [0.5, 0.6) is 0 Å². The Labute approximate surface area is 135 Å². The third kappa shape index (κ3) is 3.42. The molecule has 1 aliphatic rings. The number of hydrogen-bond acceptors (Lipinski definition) is 5. The maximum atomic E-state index is 12.8. The standard InChI is InChI=1S/C17H21N3O3/c1-12-18-16(19-23-12)14-9-6-10-20(11-14)17(21)15(22-2)13-7-4-3-5-8-13/h3-5,7-8,14-15H,6,9-11H2,1-2H3/t14-,15+/m0/s1. The summed E-state index contributed by atoms with van der Waals surface area (Å²) in [6.45, 7) is 3.11. The van der Waals surface area contributed by atoms with Crippen molar-refractivity contribution in [3.63, 3.8) is 0 Å². The molecule has 0 N–H and O–H groups in total. The molecule has 2 aromatic rings. The fourth-order valence-electron chi connectivity index (χ4n) is 3.04. The Morgan fingerprint density at radius 1 is 1.39 bits per heavy atom. The van der Waals surface area contributed by atoms with E-state index in [0.29, 0.717) is 18.3 Å². The predicted molar refractivity (Wildman–Crippen MR) is 83.8 cm³/mol. The molecule has 23 heavy (non-hydrogen) atoms. The number of piperidine rings is 1. The fourth-order valence-corrected chi connectivity index (χ4v) is 3.04. The molecule has 1 amide bonds. The monoisotopic (exact) mass is 315 g/mol. The lowest BCUT2D eigenvalue weighted by Gasteiger charge is -2.33. The highest BCUT2D eigenvalue weighted by molar-refractivity contribution is 5.82. The molecule has 1 saturated heterocycles. The van der Waals surface area contributed by atoms with Crippen molar-refractivity contribution in [3.8, 4) is 0 Å². The number of aromatic nitrogens is 2. The summed E-state index contributed by atoms with van der Waals surface area (Å²) >= 11 is 0. The quantitative estimate of drug-likeness (QED) is 0.867. The van der Waals surface area contributed by atoms with Gasteiger partial charge in [0.25, 0.3) is 5.91 Å². The van der Waals surface area contributed by atoms with Gasteiger partial charge in [-0.1, -0.05) is 35.5 Å². The Balaban J connectivity index is 1.73. The van der Waals surface area contributed by atoms with Crippen LogP contribution >= 0.6 is 0 Å². The summed E-state index contributed by atoms with van der Waals surface area (Å²) in [4.78, 5) is 19.0. The molecule has 6 nitrogen and oxygen atoms in total. The number of likely N-dealkylation sites (tertiary alicyclic amines) is 1. The van der Waals surface area contributed by atoms with E-state index in [2.05, 4.69) is 10.1 Å². The average molecular weight is 315 g/mol. The third-order valence-corrected chi connectivity index (χ3v) is 4.20. The molecule has 3 rings (SSSR count). The van der Waals surface area contributed by atoms with Gasteiger partial charge in [0.05, 0.1) is 0 Å². The summed E-state index contributed by atoms with van der Waals surface area (Å²) in [5.41, 5.74) is 0.873. The van der Waals surface area contributed by atoms with Crippen molar-refractivity contribution in [2.24, 2.45) is 0 Å². The van der Waals surface area contributed by atoms with Crippen LogP contribution in [0.15, 0.2) is 34.9 Å². The first-order valence-electron chi connectivity index (χ1n) is 7.85. The van der Waals surface area contributed by atoms with Crippen LogP contribution in [0.2, 0.25) is 0 Å². The van der Waals surface area contributed by atoms with Crippen LogP contribution in [0.3, 0.4) is 0 Å². The molecule has 6 heteroatoms. The zero-order valence-corrected chi connectivity index (χ0v) is 13.4. The van der Waals surface area contributed by atoms with Gasteiger partial charge in [-0.05, 0) is 18.4 Å². The fraction of sp³-hybridized carbons (Fsp3) is 0.471. The van der Waals surface area contributed by atoms with Crippen molar-refractivity contribution in [2.45, 2.75) is 31.8 Å². The zero-order chi connectivity index (χ0) is 16.2. The van der Waals surface area contributed by atoms with Crippen LogP contribution in [-0.2, 0) is 9.53 Å². The Morgan fingerprint density at radius 3 is 2.83 bits per heavy atom. The number of nitrogens with zero attached hydrogens (tertiary/aromatic N) is 3. The number of amides is 1. The lowest BCUT2D eigenvalue weighted by atomic mass is 9.96. The molecule has 1 aromatic heterocycles. The van der Waals surface area contributed by atoms with Gasteiger partial charge in [0.2, 0.25) is 5.89 Å². The first-order valence-corrected chi connectivity index (χ1v) is 7.85. The lowest BCUT2D eigenvalue weighted by Crippen LogP contribution is -2.42. The second-order valence-corrected chi connectivity index (χ2v) is 5.82. The molecule has 1 aliphatic heterocycles. The largest absolute Gasteiger partial charge is 0.367 e. The number of hydrogen-bond donors (Lipinski definition) is 0. The van der Waals surface area contributed by atoms with Crippen molar-refractivity contribution >= 4 is 5.91 Å². The second kappa shape index (κ2) is 6.91. The zero-order valence-electron chi connectivity index (χ0n) is 13.4. The summed E-state index contributed by atoms with van der Waals surface area (Å²) < 4.78 is 10.5. The molecule has 1 aromatic carbocycles. The maximum absolute atomic E-state index is 12.8. The number of carbonyl (C=O) groups excluding carboxylic acids is 1. The van der Waals surface area contributed by atoms with Gasteiger partial charge in [0.1, 0.15) is 0 Å². The average Bonchev–Trinajstić information content (AvgIpc) is 3.03. The van der Waals surface area contributed by atoms with E-state index < -0.39 is 6.10 Å². The molecule has 0 radical (unpaired) electrons. The molecule has 2 atom stereocenters. The highest BCUT2D eigenvalue weighted by atomic mass is 16.5. The minimum Gasteiger partial charge on any atom is -0.367 e. The summed E-state index contributed by atoms with van der Waals surface area (Å²) in [6.07, 6.45) is 1.32. The van der Waals surface area contributed by atoms with Crippen molar-refractivity contribution in [3.05, 3.63) is 47.6 Å². The van der Waals surface area contributed by atoms with E-state index in [9.17, 15) is 4.79 Å². The van der Waals surface area contributed by atoms with Gasteiger partial charge in [-0.2, -0.15) is 4.98 Å². The van der Waals surface area contributed by atoms with E-state index >= 15 is 0 Å². The molecular weight excluding hydrogens is 294 g/mol. The van der Waals surface area contributed by atoms with Gasteiger partial charge in [-0.3, -0.25) is 4.79 Å². The first-order chi connectivity index (χ1) is 11.2. The van der Waals surface area contributed by atoms with Gasteiger partial charge < -0.3 is 14.2 Å². The van der Waals surface area contributed by atoms with Gasteiger partial charge >= 0.3 is 0 Å². The molecule has 1 fully saturated rings. The Morgan fingerprint density at radius 2 is 2.17 bits per heavy atom. The van der Waals surface area contributed by atoms with Crippen LogP contribution < -0.4 is 0 Å². The molecule has 122 valence electrons. The second-order valence-electron chi connectivity index (χ2n) is 5.82. The number of methoxy groups -OCH3 is 1. The smallest absolute Gasteiger partial charge is 0.256 e. The number of carbonyl (C=O) groups is 1. The molecular formula is C17H21N3O3. The lowest BCUT2D eigenvalue weighted by molar-refractivity contribution is -0.143.